The van der Waals surface area contributed by atoms with Gasteiger partial charge in [0.05, 0.1) is 0 Å². The molecule has 1 nitrogen and oxygen atoms in total. The molecule has 0 radical (unpaired) electrons. The highest BCUT2D eigenvalue weighted by atomic mass is 19.4. The monoisotopic (exact) mass is 366 g/mol. The Bertz CT molecular complexity index is 461. The van der Waals surface area contributed by atoms with E-state index in [1.165, 1.54) is 0 Å². The summed E-state index contributed by atoms with van der Waals surface area (Å²) < 4.78 is 176. The van der Waals surface area contributed by atoms with Gasteiger partial charge in [-0.15, -0.1) is 0 Å². The predicted molar refractivity (Wildman–Crippen MR) is 35.7 cm³/mol. The van der Waals surface area contributed by atoms with E-state index >= 15 is 0 Å². The molecule has 132 valence electrons. The van der Waals surface area contributed by atoms with Crippen LogP contribution in [0.4, 0.5) is 61.5 Å². The van der Waals surface area contributed by atoms with Crippen molar-refractivity contribution in [1.82, 2.24) is 0 Å². The van der Waals surface area contributed by atoms with Crippen molar-refractivity contribution in [3.63, 3.8) is 0 Å². The quantitative estimate of drug-likeness (QED) is 0.626. The average molecular weight is 366 g/mol. The summed E-state index contributed by atoms with van der Waals surface area (Å²) in [6, 6.07) is 0. The number of halogens is 14. The van der Waals surface area contributed by atoms with E-state index in [0.29, 0.717) is 0 Å². The van der Waals surface area contributed by atoms with Crippen LogP contribution in [0.15, 0.2) is 0 Å². The second-order valence-corrected chi connectivity index (χ2v) is 4.02. The number of rotatable bonds is 1. The molecule has 0 amide bonds. The summed E-state index contributed by atoms with van der Waals surface area (Å²) in [5.74, 6) is -22.5. The molecule has 1 heterocycles. The zero-order valence-corrected chi connectivity index (χ0v) is 9.20. The van der Waals surface area contributed by atoms with Gasteiger partial charge in [0, 0.05) is 0 Å². The van der Waals surface area contributed by atoms with Gasteiger partial charge in [-0.05, 0) is 0 Å². The SMILES string of the molecule is FC(F)(F)C(F)(F)[C@@]1(F)C(F)(F)O[C@](F)(C(F)(F)F)C1(F)F. The van der Waals surface area contributed by atoms with E-state index < -0.39 is 41.8 Å². The topological polar surface area (TPSA) is 9.23 Å². The normalized spacial score (nSPS) is 35.7. The number of alkyl halides is 14. The maximum atomic E-state index is 13.3. The van der Waals surface area contributed by atoms with Crippen LogP contribution in [0, 0.1) is 0 Å². The summed E-state index contributed by atoms with van der Waals surface area (Å²) in [7, 11) is 0. The van der Waals surface area contributed by atoms with Gasteiger partial charge in [-0.3, -0.25) is 4.74 Å². The molecule has 0 bridgehead atoms. The standard InChI is InChI=1S/C7F14O/c8-1(3(11,12)5(14,15)16)2(9,10)4(13,6(17,18)19)22-7(1,20)21/t1-,4+/m1/s1. The molecule has 1 aliphatic heterocycles. The molecule has 0 spiro atoms. The van der Waals surface area contributed by atoms with Gasteiger partial charge in [0.2, 0.25) is 0 Å². The Balaban J connectivity index is 3.75. The molecule has 0 unspecified atom stereocenters. The summed E-state index contributed by atoms with van der Waals surface area (Å²) in [5.41, 5.74) is -7.68. The van der Waals surface area contributed by atoms with Crippen molar-refractivity contribution in [2.45, 2.75) is 41.8 Å². The molecule has 1 aliphatic rings. The second kappa shape index (κ2) is 4.08. The Kier molecular flexibility index (Phi) is 3.53. The Labute approximate surface area is 109 Å². The van der Waals surface area contributed by atoms with E-state index in [-0.39, 0.29) is 0 Å². The van der Waals surface area contributed by atoms with Gasteiger partial charge in [-0.25, -0.2) is 4.39 Å². The fraction of sp³-hybridized carbons (Fsp3) is 1.00. The molecule has 2 atom stereocenters. The Morgan fingerprint density at radius 1 is 0.636 bits per heavy atom. The van der Waals surface area contributed by atoms with Crippen molar-refractivity contribution in [2.75, 3.05) is 0 Å². The molecule has 22 heavy (non-hydrogen) atoms. The van der Waals surface area contributed by atoms with Crippen LogP contribution in [0.1, 0.15) is 0 Å². The van der Waals surface area contributed by atoms with Crippen molar-refractivity contribution in [3.8, 4) is 0 Å². The lowest BCUT2D eigenvalue weighted by Gasteiger charge is -2.37. The highest BCUT2D eigenvalue weighted by Gasteiger charge is 3.02. The lowest BCUT2D eigenvalue weighted by atomic mass is 9.86. The van der Waals surface area contributed by atoms with E-state index in [9.17, 15) is 61.5 Å². The van der Waals surface area contributed by atoms with Crippen LogP contribution < -0.4 is 0 Å². The molecule has 0 aromatic carbocycles. The summed E-state index contributed by atoms with van der Waals surface area (Å²) in [6.07, 6.45) is -21.9. The van der Waals surface area contributed by atoms with E-state index in [1.807, 2.05) is 0 Å². The van der Waals surface area contributed by atoms with Crippen molar-refractivity contribution < 1.29 is 66.2 Å². The van der Waals surface area contributed by atoms with Crippen LogP contribution in [0.3, 0.4) is 0 Å². The van der Waals surface area contributed by atoms with E-state index in [4.69, 9.17) is 0 Å². The van der Waals surface area contributed by atoms with Crippen LogP contribution in [0.5, 0.6) is 0 Å². The lowest BCUT2D eigenvalue weighted by molar-refractivity contribution is -0.410. The second-order valence-electron chi connectivity index (χ2n) is 4.02. The average Bonchev–Trinajstić information content (AvgIpc) is 2.33. The maximum Gasteiger partial charge on any atom is 0.457 e. The van der Waals surface area contributed by atoms with Gasteiger partial charge < -0.3 is 0 Å². The van der Waals surface area contributed by atoms with Crippen molar-refractivity contribution >= 4 is 0 Å². The summed E-state index contributed by atoms with van der Waals surface area (Å²) in [6.45, 7) is 0. The molecule has 0 saturated carbocycles. The molecule has 1 rings (SSSR count). The largest absolute Gasteiger partial charge is 0.457 e. The molecular weight excluding hydrogens is 366 g/mol. The first kappa shape index (κ1) is 19.0. The fourth-order valence-corrected chi connectivity index (χ4v) is 1.53. The zero-order valence-electron chi connectivity index (χ0n) is 9.20. The summed E-state index contributed by atoms with van der Waals surface area (Å²) in [4.78, 5) is 0. The molecule has 1 fully saturated rings. The number of hydrogen-bond acceptors (Lipinski definition) is 1. The van der Waals surface area contributed by atoms with Crippen molar-refractivity contribution in [3.05, 3.63) is 0 Å². The summed E-state index contributed by atoms with van der Waals surface area (Å²) >= 11 is 0. The van der Waals surface area contributed by atoms with Crippen LogP contribution in [-0.2, 0) is 4.74 Å². The van der Waals surface area contributed by atoms with Crippen molar-refractivity contribution in [1.29, 1.82) is 0 Å². The third kappa shape index (κ3) is 1.76. The van der Waals surface area contributed by atoms with Gasteiger partial charge in [0.15, 0.2) is 0 Å². The van der Waals surface area contributed by atoms with E-state index in [1.54, 1.807) is 4.74 Å². The van der Waals surface area contributed by atoms with Crippen LogP contribution >= 0.6 is 0 Å². The van der Waals surface area contributed by atoms with Crippen LogP contribution in [0.25, 0.3) is 0 Å². The smallest absolute Gasteiger partial charge is 0.267 e. The molecule has 1 saturated heterocycles. The third-order valence-electron chi connectivity index (χ3n) is 2.66. The summed E-state index contributed by atoms with van der Waals surface area (Å²) in [5, 5.41) is 0. The number of ether oxygens (including phenoxy) is 1. The minimum atomic E-state index is -7.79. The molecule has 0 N–H and O–H groups in total. The lowest BCUT2D eigenvalue weighted by Crippen LogP contribution is -2.71. The van der Waals surface area contributed by atoms with Gasteiger partial charge in [-0.1, -0.05) is 0 Å². The minimum absolute atomic E-state index is 1.68. The van der Waals surface area contributed by atoms with Gasteiger partial charge in [0.1, 0.15) is 0 Å². The molecule has 0 aliphatic carbocycles. The first-order valence-corrected chi connectivity index (χ1v) is 4.55. The highest BCUT2D eigenvalue weighted by Crippen LogP contribution is 2.70. The number of hydrogen-bond donors (Lipinski definition) is 0. The first-order chi connectivity index (χ1) is 9.21. The minimum Gasteiger partial charge on any atom is -0.267 e. The van der Waals surface area contributed by atoms with Crippen LogP contribution in [0.2, 0.25) is 0 Å². The maximum absolute atomic E-state index is 13.3. The van der Waals surface area contributed by atoms with Crippen LogP contribution in [-0.4, -0.2) is 41.8 Å². The highest BCUT2D eigenvalue weighted by molar-refractivity contribution is 5.22. The van der Waals surface area contributed by atoms with E-state index in [0.717, 1.165) is 0 Å². The van der Waals surface area contributed by atoms with E-state index in [2.05, 4.69) is 0 Å². The Morgan fingerprint density at radius 2 is 1.00 bits per heavy atom. The first-order valence-electron chi connectivity index (χ1n) is 4.55. The molecule has 0 aromatic heterocycles. The van der Waals surface area contributed by atoms with Crippen molar-refractivity contribution in [2.24, 2.45) is 0 Å². The molecule has 0 aromatic rings. The molecule has 15 heteroatoms. The molecular formula is C7F14O. The Hall–Kier alpha value is -1.02. The van der Waals surface area contributed by atoms with Gasteiger partial charge >= 0.3 is 41.8 Å². The third-order valence-corrected chi connectivity index (χ3v) is 2.66. The predicted octanol–water partition coefficient (Wildman–Crippen LogP) is 4.38. The van der Waals surface area contributed by atoms with Gasteiger partial charge in [0.25, 0.3) is 0 Å². The van der Waals surface area contributed by atoms with Gasteiger partial charge in [-0.2, -0.15) is 57.1 Å². The Morgan fingerprint density at radius 3 is 1.23 bits per heavy atom. The fourth-order valence-electron chi connectivity index (χ4n) is 1.53. The zero-order chi connectivity index (χ0) is 18.2.